The van der Waals surface area contributed by atoms with Gasteiger partial charge in [0.15, 0.2) is 0 Å². The monoisotopic (exact) mass is 314 g/mol. The van der Waals surface area contributed by atoms with E-state index in [0.717, 1.165) is 0 Å². The number of hydrogen-bond acceptors (Lipinski definition) is 4. The minimum absolute atomic E-state index is 0.0958. The first-order valence-corrected chi connectivity index (χ1v) is 8.22. The predicted octanol–water partition coefficient (Wildman–Crippen LogP) is 3.43. The number of ether oxygens (including phenoxy) is 1. The number of hydrogen-bond donors (Lipinski definition) is 0. The Morgan fingerprint density at radius 2 is 1.81 bits per heavy atom. The van der Waals surface area contributed by atoms with Crippen LogP contribution in [0.15, 0.2) is 0 Å². The first-order valence-electron chi connectivity index (χ1n) is 7.80. The first-order chi connectivity index (χ1) is 10.5. The molecule has 0 aromatic rings. The molecule has 0 aliphatic rings. The zero-order chi connectivity index (χ0) is 17.0. The Labute approximate surface area is 132 Å². The Morgan fingerprint density at radius 1 is 1.14 bits per heavy atom. The molecule has 120 valence electrons. The third-order valence-electron chi connectivity index (χ3n) is 2.47. The lowest BCUT2D eigenvalue weighted by molar-refractivity contribution is 0.0441. The predicted molar refractivity (Wildman–Crippen MR) is 88.6 cm³/mol. The summed E-state index contributed by atoms with van der Waals surface area (Å²) in [4.78, 5) is 0. The van der Waals surface area contributed by atoms with Crippen molar-refractivity contribution in [3.63, 3.8) is 0 Å². The maximum Gasteiger partial charge on any atom is 0.259 e. The molecule has 0 rings (SSSR count). The van der Waals surface area contributed by atoms with Crippen molar-refractivity contribution >= 4 is 8.53 Å². The molecule has 5 heteroatoms. The van der Waals surface area contributed by atoms with Gasteiger partial charge in [-0.15, -0.1) is 18.8 Å². The van der Waals surface area contributed by atoms with Crippen LogP contribution in [-0.4, -0.2) is 42.7 Å². The van der Waals surface area contributed by atoms with E-state index in [2.05, 4.69) is 44.2 Å². The summed E-state index contributed by atoms with van der Waals surface area (Å²) in [5.74, 6) is 4.96. The molecule has 0 saturated heterocycles. The second-order valence-electron chi connectivity index (χ2n) is 5.03. The number of terminal acetylenes is 2. The van der Waals surface area contributed by atoms with Gasteiger partial charge in [0, 0.05) is 19.9 Å². The van der Waals surface area contributed by atoms with Gasteiger partial charge in [0.2, 0.25) is 0 Å². The highest BCUT2D eigenvalue weighted by molar-refractivity contribution is 7.44. The fourth-order valence-corrected chi connectivity index (χ4v) is 3.32. The van der Waals surface area contributed by atoms with Crippen LogP contribution in [0.1, 0.15) is 42.4 Å². The summed E-state index contributed by atoms with van der Waals surface area (Å²) in [5, 5.41) is 0. The third kappa shape index (κ3) is 9.10. The molecule has 2 atom stereocenters. The van der Waals surface area contributed by atoms with Gasteiger partial charge < -0.3 is 13.8 Å². The molecule has 0 saturated carbocycles. The van der Waals surface area contributed by atoms with E-state index in [1.54, 1.807) is 0 Å². The quantitative estimate of drug-likeness (QED) is 0.332. The van der Waals surface area contributed by atoms with Crippen LogP contribution in [0.5, 0.6) is 0 Å². The van der Waals surface area contributed by atoms with Crippen molar-refractivity contribution in [1.82, 2.24) is 4.67 Å². The van der Waals surface area contributed by atoms with Gasteiger partial charge >= 0.3 is 0 Å². The summed E-state index contributed by atoms with van der Waals surface area (Å²) in [5.41, 5.74) is 0. The summed E-state index contributed by atoms with van der Waals surface area (Å²) in [6.45, 7) is 9.40. The average molecular weight is 314 g/mol. The molecule has 0 spiro atoms. The van der Waals surface area contributed by atoms with E-state index < -0.39 is 8.53 Å². The minimum Gasteiger partial charge on any atom is -0.363 e. The number of rotatable bonds is 11. The van der Waals surface area contributed by atoms with Gasteiger partial charge in [-0.05, 0) is 34.6 Å². The normalized spacial score (nSPS) is 14.8. The summed E-state index contributed by atoms with van der Waals surface area (Å²) in [6.07, 6.45) is 10.6. The Hall–Kier alpha value is -0.610. The molecular weight excluding hydrogens is 285 g/mol. The van der Waals surface area contributed by atoms with Crippen LogP contribution >= 0.6 is 8.53 Å². The zero-order valence-corrected chi connectivity index (χ0v) is 14.4. The molecule has 1 unspecified atom stereocenters. The standard InChI is InChI=1S/C16H28NO3P/c1-8-10-12-19-21(17(14(3)4)15(5)6)20-13-16(7)18-11-9-2/h1-2,14-16H,10-13H2,3-7H3/t16-,21?/m1/s1/i7D. The van der Waals surface area contributed by atoms with Crippen LogP contribution in [0.3, 0.4) is 0 Å². The Morgan fingerprint density at radius 3 is 2.29 bits per heavy atom. The molecule has 4 nitrogen and oxygen atoms in total. The van der Waals surface area contributed by atoms with Crippen molar-refractivity contribution in [2.24, 2.45) is 0 Å². The Balaban J connectivity index is 4.70. The smallest absolute Gasteiger partial charge is 0.259 e. The van der Waals surface area contributed by atoms with E-state index in [9.17, 15) is 0 Å². The van der Waals surface area contributed by atoms with E-state index in [0.29, 0.717) is 13.0 Å². The van der Waals surface area contributed by atoms with Gasteiger partial charge in [-0.2, -0.15) is 0 Å². The largest absolute Gasteiger partial charge is 0.363 e. The molecule has 0 aromatic carbocycles. The van der Waals surface area contributed by atoms with Gasteiger partial charge in [0.25, 0.3) is 8.53 Å². The molecule has 0 fully saturated rings. The summed E-state index contributed by atoms with van der Waals surface area (Å²) >= 11 is 0. The van der Waals surface area contributed by atoms with Crippen LogP contribution in [0.4, 0.5) is 0 Å². The molecule has 0 heterocycles. The van der Waals surface area contributed by atoms with E-state index in [4.69, 9.17) is 28.0 Å². The van der Waals surface area contributed by atoms with E-state index in [1.165, 1.54) is 0 Å². The van der Waals surface area contributed by atoms with Gasteiger partial charge in [-0.3, -0.25) is 0 Å². The lowest BCUT2D eigenvalue weighted by atomic mass is 10.3. The Bertz CT molecular complexity index is 357. The molecular formula is C16H28NO3P. The highest BCUT2D eigenvalue weighted by atomic mass is 31.2. The van der Waals surface area contributed by atoms with Crippen molar-refractivity contribution in [3.05, 3.63) is 0 Å². The zero-order valence-electron chi connectivity index (χ0n) is 14.5. The molecule has 0 radical (unpaired) electrons. The SMILES string of the molecule is [2H]C[C@H](COP(OCCC#C)N(C(C)C)C(C)C)OCC#C. The van der Waals surface area contributed by atoms with Crippen LogP contribution in [-0.2, 0) is 13.8 Å². The van der Waals surface area contributed by atoms with Crippen molar-refractivity contribution in [2.45, 2.75) is 59.2 Å². The average Bonchev–Trinajstić information content (AvgIpc) is 2.46. The van der Waals surface area contributed by atoms with E-state index in [-0.39, 0.29) is 38.3 Å². The fraction of sp³-hybridized carbons (Fsp3) is 0.750. The topological polar surface area (TPSA) is 30.9 Å². The van der Waals surface area contributed by atoms with Crippen LogP contribution in [0, 0.1) is 24.7 Å². The molecule has 0 amide bonds. The summed E-state index contributed by atoms with van der Waals surface area (Å²) in [6, 6.07) is 0.552. The maximum atomic E-state index is 7.48. The lowest BCUT2D eigenvalue weighted by Gasteiger charge is -2.36. The number of nitrogens with zero attached hydrogens (tertiary/aromatic N) is 1. The van der Waals surface area contributed by atoms with Crippen molar-refractivity contribution in [3.8, 4) is 24.7 Å². The maximum absolute atomic E-state index is 7.48. The van der Waals surface area contributed by atoms with Crippen molar-refractivity contribution in [1.29, 1.82) is 0 Å². The molecule has 0 aliphatic carbocycles. The Kier molecular flexibility index (Phi) is 10.5. The van der Waals surface area contributed by atoms with E-state index in [1.807, 2.05) is 0 Å². The molecule has 0 aliphatic heterocycles. The van der Waals surface area contributed by atoms with Gasteiger partial charge in [-0.1, -0.05) is 5.92 Å². The van der Waals surface area contributed by atoms with Gasteiger partial charge in [0.1, 0.15) is 6.61 Å². The van der Waals surface area contributed by atoms with Crippen LogP contribution in [0.25, 0.3) is 0 Å². The molecule has 0 bridgehead atoms. The van der Waals surface area contributed by atoms with Gasteiger partial charge in [0.05, 0.1) is 19.3 Å². The third-order valence-corrected chi connectivity index (χ3v) is 4.54. The second kappa shape index (κ2) is 12.0. The second-order valence-corrected chi connectivity index (χ2v) is 6.48. The highest BCUT2D eigenvalue weighted by Gasteiger charge is 2.27. The van der Waals surface area contributed by atoms with Crippen molar-refractivity contribution < 1.29 is 15.2 Å². The minimum atomic E-state index is -1.25. The lowest BCUT2D eigenvalue weighted by Crippen LogP contribution is -2.34. The van der Waals surface area contributed by atoms with Crippen LogP contribution < -0.4 is 0 Å². The molecule has 0 N–H and O–H groups in total. The first kappa shape index (κ1) is 18.4. The molecule has 21 heavy (non-hydrogen) atoms. The molecule has 0 aromatic heterocycles. The van der Waals surface area contributed by atoms with Gasteiger partial charge in [-0.25, -0.2) is 4.67 Å². The summed E-state index contributed by atoms with van der Waals surface area (Å²) < 4.78 is 26.8. The summed E-state index contributed by atoms with van der Waals surface area (Å²) in [7, 11) is -1.25. The van der Waals surface area contributed by atoms with Crippen LogP contribution in [0.2, 0.25) is 0 Å². The van der Waals surface area contributed by atoms with E-state index >= 15 is 0 Å². The van der Waals surface area contributed by atoms with Crippen molar-refractivity contribution in [2.75, 3.05) is 19.8 Å². The highest BCUT2D eigenvalue weighted by Crippen LogP contribution is 2.46. The fourth-order valence-electron chi connectivity index (χ4n) is 1.69.